The van der Waals surface area contributed by atoms with E-state index in [1.807, 2.05) is 6.92 Å². The Morgan fingerprint density at radius 3 is 2.94 bits per heavy atom. The average molecular weight is 257 g/mol. The maximum absolute atomic E-state index is 11.5. The molecule has 0 fully saturated rings. The molecule has 0 aromatic carbocycles. The molecular weight excluding hydrogens is 234 g/mol. The second-order valence-electron chi connectivity index (χ2n) is 4.35. The molecule has 17 heavy (non-hydrogen) atoms. The molecule has 1 heterocycles. The Labute approximate surface area is 108 Å². The van der Waals surface area contributed by atoms with Crippen molar-refractivity contribution in [1.82, 2.24) is 10.6 Å². The largest absolute Gasteiger partial charge is 0.364 e. The number of aliphatic imine (C=N–C) groups is 1. The molecule has 1 aliphatic rings. The van der Waals surface area contributed by atoms with Crippen LogP contribution in [0.15, 0.2) is 4.99 Å². The van der Waals surface area contributed by atoms with Gasteiger partial charge in [-0.05, 0) is 19.8 Å². The van der Waals surface area contributed by atoms with Gasteiger partial charge in [-0.2, -0.15) is 0 Å². The summed E-state index contributed by atoms with van der Waals surface area (Å²) in [6.45, 7) is 7.84. The van der Waals surface area contributed by atoms with Crippen LogP contribution in [0.25, 0.3) is 0 Å². The van der Waals surface area contributed by atoms with Gasteiger partial charge in [-0.15, -0.1) is 0 Å². The van der Waals surface area contributed by atoms with Gasteiger partial charge in [-0.1, -0.05) is 25.6 Å². The van der Waals surface area contributed by atoms with E-state index in [1.165, 1.54) is 0 Å². The summed E-state index contributed by atoms with van der Waals surface area (Å²) in [7, 11) is 0. The summed E-state index contributed by atoms with van der Waals surface area (Å²) >= 11 is 1.79. The highest BCUT2D eigenvalue weighted by molar-refractivity contribution is 8.14. The van der Waals surface area contributed by atoms with Crippen LogP contribution in [0.2, 0.25) is 0 Å². The molecule has 98 valence electrons. The number of carbonyl (C=O) groups is 1. The lowest BCUT2D eigenvalue weighted by molar-refractivity contribution is -0.121. The quantitative estimate of drug-likeness (QED) is 0.762. The van der Waals surface area contributed by atoms with Crippen molar-refractivity contribution in [3.05, 3.63) is 0 Å². The van der Waals surface area contributed by atoms with Gasteiger partial charge in [0.1, 0.15) is 0 Å². The van der Waals surface area contributed by atoms with Gasteiger partial charge in [0, 0.05) is 24.3 Å². The molecule has 1 aliphatic heterocycles. The first-order valence-corrected chi connectivity index (χ1v) is 7.28. The van der Waals surface area contributed by atoms with Crippen LogP contribution < -0.4 is 10.6 Å². The molecule has 2 N–H and O–H groups in total. The molecule has 2 atom stereocenters. The van der Waals surface area contributed by atoms with Gasteiger partial charge in [0.05, 0.1) is 6.54 Å². The minimum Gasteiger partial charge on any atom is -0.364 e. The number of hydrogen-bond acceptors (Lipinski definition) is 4. The summed E-state index contributed by atoms with van der Waals surface area (Å²) in [6.07, 6.45) is 2.63. The average Bonchev–Trinajstić information content (AvgIpc) is 2.76. The van der Waals surface area contributed by atoms with E-state index in [0.717, 1.165) is 24.6 Å². The summed E-state index contributed by atoms with van der Waals surface area (Å²) in [5.41, 5.74) is 0. The van der Waals surface area contributed by atoms with Crippen molar-refractivity contribution in [2.24, 2.45) is 4.99 Å². The smallest absolute Gasteiger partial charge is 0.221 e. The summed E-state index contributed by atoms with van der Waals surface area (Å²) in [4.78, 5) is 15.9. The van der Waals surface area contributed by atoms with E-state index in [1.54, 1.807) is 11.8 Å². The molecule has 0 saturated carbocycles. The van der Waals surface area contributed by atoms with E-state index < -0.39 is 0 Å². The van der Waals surface area contributed by atoms with Crippen molar-refractivity contribution >= 4 is 22.8 Å². The zero-order valence-electron chi connectivity index (χ0n) is 11.0. The van der Waals surface area contributed by atoms with Gasteiger partial charge in [0.2, 0.25) is 5.91 Å². The first-order valence-electron chi connectivity index (χ1n) is 6.40. The summed E-state index contributed by atoms with van der Waals surface area (Å²) < 4.78 is 0. The Morgan fingerprint density at radius 2 is 2.35 bits per heavy atom. The van der Waals surface area contributed by atoms with E-state index in [9.17, 15) is 4.79 Å². The Morgan fingerprint density at radius 1 is 1.59 bits per heavy atom. The summed E-state index contributed by atoms with van der Waals surface area (Å²) in [5, 5.41) is 7.78. The van der Waals surface area contributed by atoms with Crippen molar-refractivity contribution in [2.45, 2.75) is 51.3 Å². The number of rotatable bonds is 6. The van der Waals surface area contributed by atoms with Crippen LogP contribution in [0.1, 0.15) is 40.0 Å². The number of hydrogen-bond donors (Lipinski definition) is 2. The highest BCUT2D eigenvalue weighted by atomic mass is 32.2. The highest BCUT2D eigenvalue weighted by Gasteiger charge is 2.17. The molecule has 1 rings (SSSR count). The van der Waals surface area contributed by atoms with Crippen molar-refractivity contribution in [3.63, 3.8) is 0 Å². The molecule has 5 heteroatoms. The molecule has 4 nitrogen and oxygen atoms in total. The SMILES string of the molecule is CCC(C)NC(=O)CCNC1=NCC(CC)S1. The third-order valence-corrected chi connectivity index (χ3v) is 4.13. The van der Waals surface area contributed by atoms with Crippen LogP contribution in [0.3, 0.4) is 0 Å². The van der Waals surface area contributed by atoms with Crippen molar-refractivity contribution in [1.29, 1.82) is 0 Å². The molecule has 2 unspecified atom stereocenters. The molecule has 1 amide bonds. The van der Waals surface area contributed by atoms with Gasteiger partial charge in [0.25, 0.3) is 0 Å². The monoisotopic (exact) mass is 257 g/mol. The Bertz CT molecular complexity index is 281. The maximum Gasteiger partial charge on any atom is 0.221 e. The summed E-state index contributed by atoms with van der Waals surface area (Å²) in [5.74, 6) is 0.113. The molecule has 0 bridgehead atoms. The highest BCUT2D eigenvalue weighted by Crippen LogP contribution is 2.21. The zero-order chi connectivity index (χ0) is 12.7. The van der Waals surface area contributed by atoms with Crippen LogP contribution >= 0.6 is 11.8 Å². The molecule has 0 aromatic rings. The molecule has 0 aliphatic carbocycles. The van der Waals surface area contributed by atoms with E-state index in [2.05, 4.69) is 29.5 Å². The molecule has 0 saturated heterocycles. The van der Waals surface area contributed by atoms with Crippen molar-refractivity contribution in [2.75, 3.05) is 13.1 Å². The third kappa shape index (κ3) is 5.44. The minimum absolute atomic E-state index is 0.113. The zero-order valence-corrected chi connectivity index (χ0v) is 11.8. The minimum atomic E-state index is 0.113. The second kappa shape index (κ2) is 7.58. The van der Waals surface area contributed by atoms with E-state index in [4.69, 9.17) is 0 Å². The van der Waals surface area contributed by atoms with E-state index >= 15 is 0 Å². The van der Waals surface area contributed by atoms with Crippen molar-refractivity contribution < 1.29 is 4.79 Å². The van der Waals surface area contributed by atoms with Crippen LogP contribution in [-0.2, 0) is 4.79 Å². The summed E-state index contributed by atoms with van der Waals surface area (Å²) in [6, 6.07) is 0.269. The number of amides is 1. The second-order valence-corrected chi connectivity index (χ2v) is 5.64. The fourth-order valence-corrected chi connectivity index (χ4v) is 2.43. The number of amidine groups is 1. The normalized spacial score (nSPS) is 20.9. The van der Waals surface area contributed by atoms with Gasteiger partial charge < -0.3 is 10.6 Å². The number of nitrogens with one attached hydrogen (secondary N) is 2. The molecular formula is C12H23N3OS. The maximum atomic E-state index is 11.5. The molecule has 0 radical (unpaired) electrons. The first-order chi connectivity index (χ1) is 8.15. The van der Waals surface area contributed by atoms with Crippen LogP contribution in [-0.4, -0.2) is 35.5 Å². The van der Waals surface area contributed by atoms with Crippen LogP contribution in [0.5, 0.6) is 0 Å². The number of thioether (sulfide) groups is 1. The predicted molar refractivity (Wildman–Crippen MR) is 74.5 cm³/mol. The first kappa shape index (κ1) is 14.4. The predicted octanol–water partition coefficient (Wildman–Crippen LogP) is 1.76. The van der Waals surface area contributed by atoms with Crippen LogP contribution in [0.4, 0.5) is 0 Å². The van der Waals surface area contributed by atoms with E-state index in [0.29, 0.717) is 18.2 Å². The Kier molecular flexibility index (Phi) is 6.40. The lowest BCUT2D eigenvalue weighted by Crippen LogP contribution is -2.34. The Hall–Kier alpha value is -0.710. The van der Waals surface area contributed by atoms with E-state index in [-0.39, 0.29) is 11.9 Å². The van der Waals surface area contributed by atoms with Gasteiger partial charge in [-0.25, -0.2) is 0 Å². The number of carbonyl (C=O) groups excluding carboxylic acids is 1. The van der Waals surface area contributed by atoms with Crippen molar-refractivity contribution in [3.8, 4) is 0 Å². The number of nitrogens with zero attached hydrogens (tertiary/aromatic N) is 1. The van der Waals surface area contributed by atoms with Crippen LogP contribution in [0, 0.1) is 0 Å². The van der Waals surface area contributed by atoms with Gasteiger partial charge in [0.15, 0.2) is 5.17 Å². The molecule has 0 aromatic heterocycles. The molecule has 0 spiro atoms. The fourth-order valence-electron chi connectivity index (χ4n) is 1.46. The fraction of sp³-hybridized carbons (Fsp3) is 0.833. The van der Waals surface area contributed by atoms with Gasteiger partial charge in [-0.3, -0.25) is 9.79 Å². The Balaban J connectivity index is 2.10. The third-order valence-electron chi connectivity index (χ3n) is 2.82. The lowest BCUT2D eigenvalue weighted by atomic mass is 10.2. The lowest BCUT2D eigenvalue weighted by Gasteiger charge is -2.11. The topological polar surface area (TPSA) is 53.5 Å². The van der Waals surface area contributed by atoms with Gasteiger partial charge >= 0.3 is 0 Å². The standard InChI is InChI=1S/C12H23N3OS/c1-4-9(3)15-11(16)6-7-13-12-14-8-10(5-2)17-12/h9-10H,4-8H2,1-3H3,(H,13,14)(H,15,16).